The molecule has 25 nitrogen and oxygen atoms in total. The molecule has 5 heterocycles. The van der Waals surface area contributed by atoms with Crippen LogP contribution in [0.4, 0.5) is 0 Å². The molecule has 3 saturated carbocycles. The van der Waals surface area contributed by atoms with Gasteiger partial charge in [0.15, 0.2) is 0 Å². The van der Waals surface area contributed by atoms with Crippen molar-refractivity contribution in [1.82, 2.24) is 60.0 Å². The van der Waals surface area contributed by atoms with Crippen LogP contribution in [0.25, 0.3) is 11.0 Å². The minimum absolute atomic E-state index is 0.0918. The Hall–Kier alpha value is -7.60. The lowest BCUT2D eigenvalue weighted by atomic mass is 9.84. The molecule has 0 radical (unpaired) electrons. The summed E-state index contributed by atoms with van der Waals surface area (Å²) in [5, 5.41) is 9.97. The number of fused-ring (bicyclic) bond motifs is 3. The highest BCUT2D eigenvalue weighted by atomic mass is 16.3. The molecule has 4 saturated heterocycles. The van der Waals surface area contributed by atoms with Gasteiger partial charge in [-0.2, -0.15) is 0 Å². The van der Waals surface area contributed by atoms with Gasteiger partial charge in [-0.3, -0.25) is 57.5 Å². The van der Waals surface area contributed by atoms with Gasteiger partial charge in [0.1, 0.15) is 65.5 Å². The highest BCUT2D eigenvalue weighted by molar-refractivity contribution is 6.01. The first-order chi connectivity index (χ1) is 47.7. The molecule has 1 aromatic carbocycles. The molecule has 9 rings (SSSR count). The predicted octanol–water partition coefficient (Wildman–Crippen LogP) is 5.64. The molecule has 10 atom stereocenters. The van der Waals surface area contributed by atoms with E-state index in [4.69, 9.17) is 4.42 Å². The third-order valence-electron chi connectivity index (χ3n) is 23.6. The van der Waals surface area contributed by atoms with E-state index >= 15 is 38.4 Å². The Morgan fingerprint density at radius 3 is 1.92 bits per heavy atom. The van der Waals surface area contributed by atoms with E-state index in [-0.39, 0.29) is 62.9 Å². The minimum Gasteiger partial charge on any atom is -0.464 e. The Bertz CT molecular complexity index is 3290. The highest BCUT2D eigenvalue weighted by Crippen LogP contribution is 2.38. The Morgan fingerprint density at radius 2 is 1.27 bits per heavy atom. The van der Waals surface area contributed by atoms with Gasteiger partial charge in [0.05, 0.1) is 19.2 Å². The average molecular weight is 1390 g/mol. The van der Waals surface area contributed by atoms with Gasteiger partial charge in [0.25, 0.3) is 0 Å². The topological polar surface area (TPSA) is 283 Å². The van der Waals surface area contributed by atoms with Crippen molar-refractivity contribution in [2.24, 2.45) is 23.7 Å². The van der Waals surface area contributed by atoms with Crippen molar-refractivity contribution in [3.63, 3.8) is 0 Å². The lowest BCUT2D eigenvalue weighted by molar-refractivity contribution is -0.160. The SMILES string of the molecule is CC[C@H](C)[C@@H]1NC(=O)[C@H](CC(C)C)N(C)C(=O)C[C@@H](C(=O)N2CCCCC2)N(C)C(=O)[C@H](C2CCCC2)N(C)C(=O)C2(CCCC2)NC(=O)[C@@H]2CCCN2C(=O)[C@H](CCc2ccc3occc3c2)NC(=O)CN(C)C(=O)[C@H](CC2CCCCC2)N(C)C(=O)[C@@H]2CCN2C(=O)[C@H](C)N(C)C1=O. The molecule has 3 aliphatic carbocycles. The second-order valence-corrected chi connectivity index (χ2v) is 30.8. The number of likely N-dealkylation sites (tertiary alicyclic amines) is 1. The number of furan rings is 1. The molecule has 25 heteroatoms. The largest absolute Gasteiger partial charge is 0.464 e. The average Bonchev–Trinajstić information content (AvgIpc) is 1.74. The zero-order valence-corrected chi connectivity index (χ0v) is 61.4. The van der Waals surface area contributed by atoms with E-state index in [0.29, 0.717) is 76.5 Å². The maximum Gasteiger partial charge on any atom is 0.248 e. The summed E-state index contributed by atoms with van der Waals surface area (Å²) in [6, 6.07) is -2.62. The lowest BCUT2D eigenvalue weighted by Crippen LogP contribution is -2.65. The number of likely N-dealkylation sites (N-methyl/N-ethyl adjacent to an activating group) is 6. The summed E-state index contributed by atoms with van der Waals surface area (Å²) in [5.41, 5.74) is 0.0639. The van der Waals surface area contributed by atoms with Crippen LogP contribution in [0.3, 0.4) is 0 Å². The molecular formula is C75H114N12O13. The van der Waals surface area contributed by atoms with Crippen LogP contribution >= 0.6 is 0 Å². The summed E-state index contributed by atoms with van der Waals surface area (Å²) >= 11 is 0. The summed E-state index contributed by atoms with van der Waals surface area (Å²) in [6.45, 7) is 9.77. The Kier molecular flexibility index (Phi) is 26.0. The van der Waals surface area contributed by atoms with Crippen LogP contribution in [0.5, 0.6) is 0 Å². The van der Waals surface area contributed by atoms with Crippen LogP contribution in [-0.2, 0) is 64.0 Å². The Balaban J connectivity index is 1.08. The summed E-state index contributed by atoms with van der Waals surface area (Å²) < 4.78 is 5.60. The fraction of sp³-hybridized carbons (Fsp3) is 0.733. The van der Waals surface area contributed by atoms with Gasteiger partial charge in [-0.1, -0.05) is 98.0 Å². The van der Waals surface area contributed by atoms with Crippen molar-refractivity contribution in [2.75, 3.05) is 75.0 Å². The third kappa shape index (κ3) is 17.3. The maximum atomic E-state index is 15.8. The number of aryl methyl sites for hydroxylation is 1. The van der Waals surface area contributed by atoms with Crippen LogP contribution < -0.4 is 16.0 Å². The summed E-state index contributed by atoms with van der Waals surface area (Å²) in [4.78, 5) is 194. The van der Waals surface area contributed by atoms with Crippen LogP contribution in [0.1, 0.15) is 194 Å². The fourth-order valence-corrected chi connectivity index (χ4v) is 16.8. The van der Waals surface area contributed by atoms with Gasteiger partial charge >= 0.3 is 0 Å². The lowest BCUT2D eigenvalue weighted by Gasteiger charge is -2.45. The second kappa shape index (κ2) is 33.9. The number of rotatable bonds is 11. The first-order valence-electron chi connectivity index (χ1n) is 37.5. The normalized spacial score (nSPS) is 28.6. The molecule has 0 unspecified atom stereocenters. The van der Waals surface area contributed by atoms with Crippen molar-refractivity contribution in [3.05, 3.63) is 36.1 Å². The van der Waals surface area contributed by atoms with Crippen molar-refractivity contribution in [3.8, 4) is 0 Å². The van der Waals surface area contributed by atoms with Gasteiger partial charge in [-0.15, -0.1) is 0 Å². The molecule has 0 bridgehead atoms. The number of benzene rings is 1. The number of hydrogen-bond donors (Lipinski definition) is 3. The predicted molar refractivity (Wildman–Crippen MR) is 376 cm³/mol. The molecule has 1 aromatic heterocycles. The number of piperidine rings is 1. The smallest absolute Gasteiger partial charge is 0.248 e. The van der Waals surface area contributed by atoms with Crippen LogP contribution in [0.2, 0.25) is 0 Å². The molecular weight excluding hydrogens is 1280 g/mol. The molecule has 2 aromatic rings. The van der Waals surface area contributed by atoms with Crippen molar-refractivity contribution < 1.29 is 62.0 Å². The van der Waals surface area contributed by atoms with Gasteiger partial charge in [-0.05, 0) is 144 Å². The third-order valence-corrected chi connectivity index (χ3v) is 23.6. The molecule has 3 N–H and O–H groups in total. The molecule has 7 aliphatic rings. The van der Waals surface area contributed by atoms with E-state index in [9.17, 15) is 19.2 Å². The molecule has 100 heavy (non-hydrogen) atoms. The van der Waals surface area contributed by atoms with Crippen molar-refractivity contribution in [1.29, 1.82) is 0 Å². The van der Waals surface area contributed by atoms with Crippen molar-refractivity contribution >= 4 is 81.9 Å². The van der Waals surface area contributed by atoms with Crippen molar-refractivity contribution in [2.45, 2.75) is 255 Å². The summed E-state index contributed by atoms with van der Waals surface area (Å²) in [7, 11) is 9.08. The zero-order valence-electron chi connectivity index (χ0n) is 61.4. The second-order valence-electron chi connectivity index (χ2n) is 30.8. The number of hydrogen-bond acceptors (Lipinski definition) is 13. The van der Waals surface area contributed by atoms with E-state index in [1.807, 2.05) is 52.0 Å². The van der Waals surface area contributed by atoms with Gasteiger partial charge < -0.3 is 64.5 Å². The summed E-state index contributed by atoms with van der Waals surface area (Å²) in [5.74, 6) is -7.32. The Morgan fingerprint density at radius 1 is 0.610 bits per heavy atom. The van der Waals surface area contributed by atoms with Crippen LogP contribution in [0, 0.1) is 23.7 Å². The van der Waals surface area contributed by atoms with E-state index in [0.717, 1.165) is 75.2 Å². The number of carbonyl (C=O) groups is 12. The Labute approximate surface area is 591 Å². The minimum atomic E-state index is -1.48. The number of carbonyl (C=O) groups excluding carboxylic acids is 12. The zero-order chi connectivity index (χ0) is 72.4. The maximum absolute atomic E-state index is 15.8. The van der Waals surface area contributed by atoms with Crippen LogP contribution in [-0.4, -0.2) is 250 Å². The van der Waals surface area contributed by atoms with E-state index in [1.54, 1.807) is 32.2 Å². The standard InChI is InChI=1S/C75H114N12O13/c1-12-48(4)63-72(97)80(7)49(5)67(92)87-40-33-56(87)70(95)82(9)58(44-50-24-15-13-16-25-50)69(94)79(6)46-61(88)76-54(31-29-51-30-32-60-53(43-51)34-41-100-60)68(93)86-39-23-28-55(86)66(91)78-75(35-19-20-36-75)74(99)84(11)64(52-26-17-18-27-52)73(98)83(10)59(71(96)85-37-21-14-22-38-85)45-62(89)81(8)57(42-47(2)3)65(90)77-63/h30,32,34,41,43,47-50,52,54-59,63-64H,12-29,31,33,35-40,42,44-46H2,1-11H3,(H,76,88)(H,77,90)(H,78,91)/t48-,49-,54-,55-,56-,57-,58-,59-,63-,64-/m0/s1. The highest BCUT2D eigenvalue weighted by Gasteiger charge is 2.52. The van der Waals surface area contributed by atoms with E-state index < -0.39 is 150 Å². The molecule has 1 spiro atoms. The first kappa shape index (κ1) is 76.6. The van der Waals surface area contributed by atoms with Gasteiger partial charge in [0, 0.05) is 73.9 Å². The number of amides is 12. The quantitative estimate of drug-likeness (QED) is 0.246. The molecule has 552 valence electrons. The first-order valence-corrected chi connectivity index (χ1v) is 37.5. The van der Waals surface area contributed by atoms with E-state index in [1.165, 1.54) is 67.4 Å². The number of nitrogens with zero attached hydrogens (tertiary/aromatic N) is 9. The fourth-order valence-electron chi connectivity index (χ4n) is 16.8. The monoisotopic (exact) mass is 1390 g/mol. The van der Waals surface area contributed by atoms with Gasteiger partial charge in [0.2, 0.25) is 70.9 Å². The van der Waals surface area contributed by atoms with Gasteiger partial charge in [-0.25, -0.2) is 0 Å². The molecule has 4 aliphatic heterocycles. The summed E-state index contributed by atoms with van der Waals surface area (Å²) in [6.07, 6.45) is 14.9. The van der Waals surface area contributed by atoms with E-state index in [2.05, 4.69) is 16.0 Å². The molecule has 7 fully saturated rings. The molecule has 12 amide bonds. The van der Waals surface area contributed by atoms with Crippen LogP contribution in [0.15, 0.2) is 34.9 Å². The number of nitrogens with one attached hydrogen (secondary N) is 3.